The molecule has 1 aliphatic carbocycles. The molecule has 1 saturated heterocycles. The molecule has 162 valence electrons. The van der Waals surface area contributed by atoms with Crippen molar-refractivity contribution < 1.29 is 18.5 Å². The molecular weight excluding hydrogens is 394 g/mol. The van der Waals surface area contributed by atoms with Crippen molar-refractivity contribution in [3.63, 3.8) is 0 Å². The van der Waals surface area contributed by atoms with Gasteiger partial charge in [0.1, 0.15) is 5.76 Å². The van der Waals surface area contributed by atoms with Crippen LogP contribution in [0, 0.1) is 0 Å². The summed E-state index contributed by atoms with van der Waals surface area (Å²) in [6.07, 6.45) is 6.37. The molecule has 1 aliphatic heterocycles. The third-order valence-electron chi connectivity index (χ3n) is 6.19. The lowest BCUT2D eigenvalue weighted by Crippen LogP contribution is -2.43. The number of ether oxygens (including phenoxy) is 1. The summed E-state index contributed by atoms with van der Waals surface area (Å²) in [6, 6.07) is 11.9. The minimum atomic E-state index is -0.252. The van der Waals surface area contributed by atoms with Crippen molar-refractivity contribution in [1.29, 1.82) is 0 Å². The third-order valence-corrected chi connectivity index (χ3v) is 6.19. The molecule has 2 aromatic heterocycles. The number of aromatic nitrogens is 1. The second kappa shape index (κ2) is 9.08. The number of nitrogens with one attached hydrogen (secondary N) is 1. The van der Waals surface area contributed by atoms with Crippen LogP contribution in [0.25, 0.3) is 11.3 Å². The van der Waals surface area contributed by atoms with E-state index in [2.05, 4.69) is 33.6 Å². The van der Waals surface area contributed by atoms with Crippen LogP contribution < -0.4 is 5.32 Å². The van der Waals surface area contributed by atoms with Crippen molar-refractivity contribution in [3.05, 3.63) is 65.2 Å². The van der Waals surface area contributed by atoms with E-state index in [-0.39, 0.29) is 17.6 Å². The van der Waals surface area contributed by atoms with Crippen LogP contribution in [0.5, 0.6) is 0 Å². The normalized spacial score (nSPS) is 17.8. The standard InChI is InChI=1S/C24H27N3O4/c28-24(25-16-21(22-6-3-11-30-22)27-9-12-29-13-10-27)20-15-23(31-26-20)19-8-7-17-4-1-2-5-18(17)14-19/h3,6-8,11,14-15,21H,1-2,4-5,9-10,12-13,16H2,(H,25,28). The maximum absolute atomic E-state index is 12.8. The Hall–Kier alpha value is -2.90. The summed E-state index contributed by atoms with van der Waals surface area (Å²) in [5.41, 5.74) is 4.04. The number of furan rings is 1. The molecular formula is C24H27N3O4. The Labute approximate surface area is 181 Å². The zero-order valence-electron chi connectivity index (χ0n) is 17.5. The molecule has 7 nitrogen and oxygen atoms in total. The summed E-state index contributed by atoms with van der Waals surface area (Å²) < 4.78 is 16.6. The van der Waals surface area contributed by atoms with E-state index in [0.29, 0.717) is 25.5 Å². The summed E-state index contributed by atoms with van der Waals surface area (Å²) in [5.74, 6) is 1.20. The van der Waals surface area contributed by atoms with E-state index in [4.69, 9.17) is 13.7 Å². The van der Waals surface area contributed by atoms with E-state index in [1.165, 1.54) is 24.0 Å². The predicted molar refractivity (Wildman–Crippen MR) is 115 cm³/mol. The molecule has 3 aromatic rings. The van der Waals surface area contributed by atoms with Gasteiger partial charge in [0, 0.05) is 31.3 Å². The van der Waals surface area contributed by atoms with Gasteiger partial charge in [-0.25, -0.2) is 0 Å². The van der Waals surface area contributed by atoms with Crippen LogP contribution in [0.3, 0.4) is 0 Å². The van der Waals surface area contributed by atoms with Gasteiger partial charge >= 0.3 is 0 Å². The van der Waals surface area contributed by atoms with Gasteiger partial charge in [0.2, 0.25) is 0 Å². The van der Waals surface area contributed by atoms with Crippen molar-refractivity contribution >= 4 is 5.91 Å². The summed E-state index contributed by atoms with van der Waals surface area (Å²) in [4.78, 5) is 15.0. The Morgan fingerprint density at radius 2 is 1.94 bits per heavy atom. The molecule has 1 N–H and O–H groups in total. The predicted octanol–water partition coefficient (Wildman–Crippen LogP) is 3.62. The minimum absolute atomic E-state index is 0.0464. The Morgan fingerprint density at radius 1 is 1.10 bits per heavy atom. The van der Waals surface area contributed by atoms with Crippen molar-refractivity contribution in [2.24, 2.45) is 0 Å². The number of carbonyl (C=O) groups excluding carboxylic acids is 1. The number of rotatable bonds is 6. The van der Waals surface area contributed by atoms with Crippen LogP contribution in [0.4, 0.5) is 0 Å². The second-order valence-electron chi connectivity index (χ2n) is 8.16. The zero-order chi connectivity index (χ0) is 21.0. The minimum Gasteiger partial charge on any atom is -0.468 e. The van der Waals surface area contributed by atoms with Crippen LogP contribution in [-0.2, 0) is 17.6 Å². The van der Waals surface area contributed by atoms with Gasteiger partial charge in [-0.1, -0.05) is 17.3 Å². The number of carbonyl (C=O) groups is 1. The Balaban J connectivity index is 1.27. The largest absolute Gasteiger partial charge is 0.468 e. The fraction of sp³-hybridized carbons (Fsp3) is 0.417. The molecule has 5 rings (SSSR count). The molecule has 0 saturated carbocycles. The first-order valence-corrected chi connectivity index (χ1v) is 11.0. The smallest absolute Gasteiger partial charge is 0.273 e. The van der Waals surface area contributed by atoms with Crippen molar-refractivity contribution in [2.45, 2.75) is 31.7 Å². The fourth-order valence-electron chi connectivity index (χ4n) is 4.46. The maximum Gasteiger partial charge on any atom is 0.273 e. The molecule has 0 bridgehead atoms. The van der Waals surface area contributed by atoms with Crippen LogP contribution >= 0.6 is 0 Å². The number of hydrogen-bond acceptors (Lipinski definition) is 6. The highest BCUT2D eigenvalue weighted by Gasteiger charge is 2.26. The first kappa shape index (κ1) is 20.0. The van der Waals surface area contributed by atoms with Crippen LogP contribution in [-0.4, -0.2) is 48.8 Å². The Kier molecular flexibility index (Phi) is 5.86. The van der Waals surface area contributed by atoms with Crippen molar-refractivity contribution in [1.82, 2.24) is 15.4 Å². The number of hydrogen-bond donors (Lipinski definition) is 1. The van der Waals surface area contributed by atoms with Crippen LogP contribution in [0.2, 0.25) is 0 Å². The van der Waals surface area contributed by atoms with E-state index in [1.807, 2.05) is 12.1 Å². The van der Waals surface area contributed by atoms with E-state index in [0.717, 1.165) is 37.3 Å². The quantitative estimate of drug-likeness (QED) is 0.655. The number of morpholine rings is 1. The lowest BCUT2D eigenvalue weighted by molar-refractivity contribution is 0.0118. The number of aryl methyl sites for hydroxylation is 2. The molecule has 0 spiro atoms. The lowest BCUT2D eigenvalue weighted by Gasteiger charge is -2.33. The molecule has 0 radical (unpaired) electrons. The average Bonchev–Trinajstić information content (AvgIpc) is 3.52. The third kappa shape index (κ3) is 4.43. The van der Waals surface area contributed by atoms with E-state index in [1.54, 1.807) is 12.3 Å². The van der Waals surface area contributed by atoms with Gasteiger partial charge in [-0.15, -0.1) is 0 Å². The van der Waals surface area contributed by atoms with E-state index in [9.17, 15) is 4.79 Å². The molecule has 1 fully saturated rings. The Bertz CT molecular complexity index is 1020. The molecule has 7 heteroatoms. The first-order valence-electron chi connectivity index (χ1n) is 11.0. The van der Waals surface area contributed by atoms with E-state index < -0.39 is 0 Å². The van der Waals surface area contributed by atoms with Gasteiger partial charge in [0.25, 0.3) is 5.91 Å². The summed E-state index contributed by atoms with van der Waals surface area (Å²) in [6.45, 7) is 3.38. The van der Waals surface area contributed by atoms with Gasteiger partial charge in [-0.05, 0) is 55.0 Å². The lowest BCUT2D eigenvalue weighted by atomic mass is 9.90. The number of fused-ring (bicyclic) bond motifs is 1. The highest BCUT2D eigenvalue weighted by atomic mass is 16.5. The number of amides is 1. The molecule has 2 aliphatic rings. The molecule has 31 heavy (non-hydrogen) atoms. The molecule has 1 amide bonds. The van der Waals surface area contributed by atoms with Gasteiger partial charge in [-0.2, -0.15) is 0 Å². The average molecular weight is 421 g/mol. The SMILES string of the molecule is O=C(NCC(c1ccco1)N1CCOCC1)c1cc(-c2ccc3c(c2)CCCC3)on1. The zero-order valence-corrected chi connectivity index (χ0v) is 17.5. The second-order valence-corrected chi connectivity index (χ2v) is 8.16. The van der Waals surface area contributed by atoms with Crippen LogP contribution in [0.15, 0.2) is 51.6 Å². The summed E-state index contributed by atoms with van der Waals surface area (Å²) >= 11 is 0. The van der Waals surface area contributed by atoms with Gasteiger partial charge in [-0.3, -0.25) is 9.69 Å². The molecule has 1 atom stereocenters. The molecule has 3 heterocycles. The maximum atomic E-state index is 12.8. The van der Waals surface area contributed by atoms with Gasteiger partial charge < -0.3 is 19.0 Å². The van der Waals surface area contributed by atoms with Crippen LogP contribution in [0.1, 0.15) is 46.3 Å². The van der Waals surface area contributed by atoms with Crippen molar-refractivity contribution in [3.8, 4) is 11.3 Å². The summed E-state index contributed by atoms with van der Waals surface area (Å²) in [5, 5.41) is 7.01. The van der Waals surface area contributed by atoms with Gasteiger partial charge in [0.05, 0.1) is 25.5 Å². The van der Waals surface area contributed by atoms with E-state index >= 15 is 0 Å². The number of benzene rings is 1. The summed E-state index contributed by atoms with van der Waals surface area (Å²) in [7, 11) is 0. The number of nitrogens with zero attached hydrogens (tertiary/aromatic N) is 2. The molecule has 1 unspecified atom stereocenters. The topological polar surface area (TPSA) is 80.7 Å². The highest BCUT2D eigenvalue weighted by molar-refractivity contribution is 5.93. The highest BCUT2D eigenvalue weighted by Crippen LogP contribution is 2.28. The van der Waals surface area contributed by atoms with Crippen molar-refractivity contribution in [2.75, 3.05) is 32.8 Å². The molecule has 1 aromatic carbocycles. The Morgan fingerprint density at radius 3 is 2.74 bits per heavy atom. The first-order chi connectivity index (χ1) is 15.3. The monoisotopic (exact) mass is 421 g/mol. The fourth-order valence-corrected chi connectivity index (χ4v) is 4.46. The van der Waals surface area contributed by atoms with Gasteiger partial charge in [0.15, 0.2) is 11.5 Å².